The summed E-state index contributed by atoms with van der Waals surface area (Å²) in [4.78, 5) is 28.8. The lowest BCUT2D eigenvalue weighted by Crippen LogP contribution is -2.55. The first-order valence-electron chi connectivity index (χ1n) is 22.6. The van der Waals surface area contributed by atoms with Crippen molar-refractivity contribution in [2.24, 2.45) is 16.7 Å². The Kier molecular flexibility index (Phi) is 30.6. The molecular weight excluding hydrogens is 631 g/mol. The van der Waals surface area contributed by atoms with E-state index in [0.29, 0.717) is 25.0 Å². The van der Waals surface area contributed by atoms with Crippen molar-refractivity contribution in [3.05, 3.63) is 0 Å². The van der Waals surface area contributed by atoms with Gasteiger partial charge in [0.1, 0.15) is 6.10 Å². The van der Waals surface area contributed by atoms with E-state index in [2.05, 4.69) is 60.4 Å². The summed E-state index contributed by atoms with van der Waals surface area (Å²) in [6.45, 7) is 21.3. The Morgan fingerprint density at radius 1 is 0.647 bits per heavy atom. The van der Waals surface area contributed by atoms with E-state index in [9.17, 15) is 9.59 Å². The molecule has 1 aliphatic rings. The van der Waals surface area contributed by atoms with Gasteiger partial charge < -0.3 is 14.4 Å². The van der Waals surface area contributed by atoms with Gasteiger partial charge >= 0.3 is 11.9 Å². The number of hydrogen-bond acceptors (Lipinski definition) is 5. The number of unbranched alkanes of at least 4 members (excludes halogenated alkanes) is 15. The lowest BCUT2D eigenvalue weighted by molar-refractivity contribution is -0.171. The summed E-state index contributed by atoms with van der Waals surface area (Å²) in [7, 11) is 2.22. The number of rotatable bonds is 31. The average molecular weight is 722 g/mol. The van der Waals surface area contributed by atoms with Crippen molar-refractivity contribution in [2.45, 2.75) is 248 Å². The van der Waals surface area contributed by atoms with Crippen molar-refractivity contribution in [1.29, 1.82) is 0 Å². The van der Waals surface area contributed by atoms with Gasteiger partial charge in [-0.3, -0.25) is 9.59 Å². The zero-order valence-electron chi connectivity index (χ0n) is 36.3. The molecule has 0 amide bonds. The van der Waals surface area contributed by atoms with Crippen LogP contribution in [0.5, 0.6) is 0 Å². The normalized spacial score (nSPS) is 16.6. The molecule has 1 saturated heterocycles. The van der Waals surface area contributed by atoms with Crippen LogP contribution in [0.15, 0.2) is 0 Å². The summed E-state index contributed by atoms with van der Waals surface area (Å²) in [5.74, 6) is 0.515. The molecule has 304 valence electrons. The molecule has 1 rings (SSSR count). The highest BCUT2D eigenvalue weighted by Crippen LogP contribution is 2.47. The second-order valence-electron chi connectivity index (χ2n) is 17.0. The summed E-state index contributed by atoms with van der Waals surface area (Å²) in [6, 6.07) is 0.398. The first-order valence-corrected chi connectivity index (χ1v) is 22.6. The molecule has 0 aliphatic carbocycles. The first-order chi connectivity index (χ1) is 24.5. The maximum atomic E-state index is 13.9. The maximum Gasteiger partial charge on any atom is 0.312 e. The molecule has 1 fully saturated rings. The Bertz CT molecular complexity index is 824. The standard InChI is InChI=1S/C44H85NO4.C2H6/c1-9-12-15-17-18-21-25-32-39(49-42(47)44(6,7)43(4,5)40-34-28-29-36-45(40)8)33-26-22-19-20-23-27-35-41(46)48-37-38(30-14-11-3)31-24-16-13-10-2;1-2/h38-40H,9-37H2,1-8H3;1-2H3. The van der Waals surface area contributed by atoms with Gasteiger partial charge in [0.05, 0.1) is 12.0 Å². The van der Waals surface area contributed by atoms with Crippen LogP contribution in [0.1, 0.15) is 236 Å². The van der Waals surface area contributed by atoms with Crippen LogP contribution in [0.3, 0.4) is 0 Å². The third-order valence-electron chi connectivity index (χ3n) is 12.2. The Morgan fingerprint density at radius 2 is 1.12 bits per heavy atom. The molecule has 0 aromatic carbocycles. The molecule has 1 heterocycles. The van der Waals surface area contributed by atoms with Crippen molar-refractivity contribution in [1.82, 2.24) is 4.90 Å². The summed E-state index contributed by atoms with van der Waals surface area (Å²) in [5, 5.41) is 0. The number of nitrogens with zero attached hydrogens (tertiary/aromatic N) is 1. The van der Waals surface area contributed by atoms with Crippen molar-refractivity contribution < 1.29 is 19.1 Å². The van der Waals surface area contributed by atoms with Crippen LogP contribution in [0.2, 0.25) is 0 Å². The van der Waals surface area contributed by atoms with Gasteiger partial charge in [-0.05, 0) is 96.6 Å². The Balaban J connectivity index is 0.0000123. The SMILES string of the molecule is CC.CCCCCCCCCC(CCCCCCCCC(=O)OCC(CCCC)CCCCCC)OC(=O)C(C)(C)C(C)(C)C1CCCCN1C. The van der Waals surface area contributed by atoms with Crippen LogP contribution in [-0.4, -0.2) is 49.2 Å². The van der Waals surface area contributed by atoms with Crippen LogP contribution < -0.4 is 0 Å². The fourth-order valence-corrected chi connectivity index (χ4v) is 7.85. The molecule has 0 radical (unpaired) electrons. The number of likely N-dealkylation sites (tertiary alicyclic amines) is 1. The second-order valence-corrected chi connectivity index (χ2v) is 17.0. The Morgan fingerprint density at radius 3 is 1.67 bits per heavy atom. The van der Waals surface area contributed by atoms with E-state index in [1.807, 2.05) is 13.8 Å². The number of piperidine rings is 1. The van der Waals surface area contributed by atoms with Gasteiger partial charge in [0.25, 0.3) is 0 Å². The van der Waals surface area contributed by atoms with E-state index >= 15 is 0 Å². The van der Waals surface area contributed by atoms with Crippen LogP contribution in [0, 0.1) is 16.7 Å². The van der Waals surface area contributed by atoms with Crippen molar-refractivity contribution in [3.8, 4) is 0 Å². The number of hydrogen-bond donors (Lipinski definition) is 0. The van der Waals surface area contributed by atoms with Gasteiger partial charge in [-0.15, -0.1) is 0 Å². The Labute approximate surface area is 319 Å². The quantitative estimate of drug-likeness (QED) is 0.0527. The van der Waals surface area contributed by atoms with Gasteiger partial charge in [0.15, 0.2) is 0 Å². The Hall–Kier alpha value is -1.10. The molecule has 51 heavy (non-hydrogen) atoms. The van der Waals surface area contributed by atoms with Crippen molar-refractivity contribution in [3.63, 3.8) is 0 Å². The maximum absolute atomic E-state index is 13.9. The van der Waals surface area contributed by atoms with E-state index in [1.54, 1.807) is 0 Å². The van der Waals surface area contributed by atoms with Crippen molar-refractivity contribution in [2.75, 3.05) is 20.2 Å². The van der Waals surface area contributed by atoms with E-state index in [0.717, 1.165) is 64.3 Å². The van der Waals surface area contributed by atoms with E-state index < -0.39 is 5.41 Å². The molecule has 0 aromatic rings. The van der Waals surface area contributed by atoms with Gasteiger partial charge in [0, 0.05) is 12.5 Å². The van der Waals surface area contributed by atoms with E-state index in [-0.39, 0.29) is 23.5 Å². The number of esters is 2. The summed E-state index contributed by atoms with van der Waals surface area (Å²) in [5.41, 5.74) is -0.714. The second kappa shape index (κ2) is 31.3. The van der Waals surface area contributed by atoms with Gasteiger partial charge in [0.2, 0.25) is 0 Å². The fourth-order valence-electron chi connectivity index (χ4n) is 7.85. The lowest BCUT2D eigenvalue weighted by atomic mass is 9.62. The lowest BCUT2D eigenvalue weighted by Gasteiger charge is -2.50. The molecule has 0 N–H and O–H groups in total. The molecule has 0 bridgehead atoms. The molecule has 1 aliphatic heterocycles. The third-order valence-corrected chi connectivity index (χ3v) is 12.2. The topological polar surface area (TPSA) is 55.8 Å². The molecule has 3 unspecified atom stereocenters. The molecule has 0 spiro atoms. The molecule has 0 saturated carbocycles. The first kappa shape index (κ1) is 49.9. The summed E-state index contributed by atoms with van der Waals surface area (Å²) >= 11 is 0. The van der Waals surface area contributed by atoms with Crippen LogP contribution in [0.25, 0.3) is 0 Å². The summed E-state index contributed by atoms with van der Waals surface area (Å²) < 4.78 is 12.2. The highest BCUT2D eigenvalue weighted by molar-refractivity contribution is 5.77. The van der Waals surface area contributed by atoms with Crippen LogP contribution in [-0.2, 0) is 19.1 Å². The fraction of sp³-hybridized carbons (Fsp3) is 0.957. The van der Waals surface area contributed by atoms with E-state index in [1.165, 1.54) is 109 Å². The molecule has 5 nitrogen and oxygen atoms in total. The minimum Gasteiger partial charge on any atom is -0.465 e. The largest absolute Gasteiger partial charge is 0.465 e. The molecular formula is C46H91NO4. The van der Waals surface area contributed by atoms with Gasteiger partial charge in [-0.2, -0.15) is 0 Å². The monoisotopic (exact) mass is 722 g/mol. The minimum atomic E-state index is -0.548. The highest BCUT2D eigenvalue weighted by Gasteiger charge is 2.50. The van der Waals surface area contributed by atoms with Crippen molar-refractivity contribution >= 4 is 11.9 Å². The van der Waals surface area contributed by atoms with Gasteiger partial charge in [-0.25, -0.2) is 0 Å². The zero-order valence-corrected chi connectivity index (χ0v) is 36.3. The van der Waals surface area contributed by atoms with E-state index in [4.69, 9.17) is 9.47 Å². The predicted octanol–water partition coefficient (Wildman–Crippen LogP) is 14.0. The number of ether oxygens (including phenoxy) is 2. The zero-order chi connectivity index (χ0) is 38.4. The molecule has 5 heteroatoms. The van der Waals surface area contributed by atoms with Crippen LogP contribution in [0.4, 0.5) is 0 Å². The highest BCUT2D eigenvalue weighted by atomic mass is 16.5. The number of carbonyl (C=O) groups excluding carboxylic acids is 2. The minimum absolute atomic E-state index is 0.00805. The smallest absolute Gasteiger partial charge is 0.312 e. The third kappa shape index (κ3) is 22.0. The van der Waals surface area contributed by atoms with Crippen LogP contribution >= 0.6 is 0 Å². The molecule has 0 aromatic heterocycles. The predicted molar refractivity (Wildman–Crippen MR) is 221 cm³/mol. The molecule has 3 atom stereocenters. The number of carbonyl (C=O) groups is 2. The average Bonchev–Trinajstić information content (AvgIpc) is 3.12. The van der Waals surface area contributed by atoms with Gasteiger partial charge in [-0.1, -0.05) is 158 Å². The summed E-state index contributed by atoms with van der Waals surface area (Å²) in [6.07, 6.45) is 31.7.